The largest absolute Gasteiger partial charge is 0.350 e. The molecule has 0 aliphatic heterocycles. The number of carbonyl (C=O) groups is 1. The molecule has 4 rings (SSSR count). The number of H-pyrrole nitrogens is 1. The number of aromatic amines is 1. The molecule has 0 spiro atoms. The number of hydrazone groups is 1. The lowest BCUT2D eigenvalue weighted by molar-refractivity contribution is -0.121. The number of pyridine rings is 1. The van der Waals surface area contributed by atoms with Gasteiger partial charge < -0.3 is 10.3 Å². The van der Waals surface area contributed by atoms with Crippen LogP contribution in [-0.2, 0) is 4.79 Å². The highest BCUT2D eigenvalue weighted by molar-refractivity contribution is 7.22. The van der Waals surface area contributed by atoms with Crippen molar-refractivity contribution in [1.82, 2.24) is 15.4 Å². The van der Waals surface area contributed by atoms with Crippen LogP contribution in [0.15, 0.2) is 64.5 Å². The van der Waals surface area contributed by atoms with E-state index in [0.29, 0.717) is 10.7 Å². The number of fused-ring (bicyclic) bond motifs is 2. The number of benzene rings is 2. The zero-order chi connectivity index (χ0) is 19.5. The predicted octanol–water partition coefficient (Wildman–Crippen LogP) is 3.09. The van der Waals surface area contributed by atoms with Crippen molar-refractivity contribution in [3.63, 3.8) is 0 Å². The second kappa shape index (κ2) is 7.61. The molecule has 7 nitrogen and oxygen atoms in total. The number of thiazole rings is 1. The van der Waals surface area contributed by atoms with Crippen molar-refractivity contribution in [2.75, 3.05) is 5.32 Å². The Balaban J connectivity index is 1.42. The van der Waals surface area contributed by atoms with Gasteiger partial charge in [0.1, 0.15) is 6.04 Å². The van der Waals surface area contributed by atoms with Gasteiger partial charge in [-0.05, 0) is 36.6 Å². The lowest BCUT2D eigenvalue weighted by Gasteiger charge is -2.10. The number of rotatable bonds is 5. The van der Waals surface area contributed by atoms with Gasteiger partial charge in [-0.3, -0.25) is 9.59 Å². The molecule has 0 bridgehead atoms. The van der Waals surface area contributed by atoms with E-state index in [2.05, 4.69) is 25.8 Å². The summed E-state index contributed by atoms with van der Waals surface area (Å²) >= 11 is 1.48. The second-order valence-corrected chi connectivity index (χ2v) is 7.26. The average Bonchev–Trinajstić information content (AvgIpc) is 3.10. The van der Waals surface area contributed by atoms with Gasteiger partial charge in [0.05, 0.1) is 22.0 Å². The topological polar surface area (TPSA) is 99.2 Å². The predicted molar refractivity (Wildman–Crippen MR) is 113 cm³/mol. The highest BCUT2D eigenvalue weighted by atomic mass is 32.1. The van der Waals surface area contributed by atoms with Gasteiger partial charge in [-0.25, -0.2) is 10.4 Å². The Kier molecular flexibility index (Phi) is 4.86. The normalized spacial score (nSPS) is 12.5. The molecule has 2 aromatic carbocycles. The number of carbonyl (C=O) groups excluding carboxylic acids is 1. The lowest BCUT2D eigenvalue weighted by atomic mass is 10.2. The van der Waals surface area contributed by atoms with Crippen LogP contribution in [0.25, 0.3) is 21.1 Å². The molecule has 0 aliphatic carbocycles. The molecular formula is C20H17N5O2S. The summed E-state index contributed by atoms with van der Waals surface area (Å²) in [6.45, 7) is 1.72. The van der Waals surface area contributed by atoms with E-state index in [0.717, 1.165) is 21.1 Å². The minimum atomic E-state index is -0.535. The van der Waals surface area contributed by atoms with E-state index in [1.54, 1.807) is 13.0 Å². The van der Waals surface area contributed by atoms with E-state index in [-0.39, 0.29) is 11.5 Å². The summed E-state index contributed by atoms with van der Waals surface area (Å²) in [6.07, 6.45) is 1.34. The van der Waals surface area contributed by atoms with Gasteiger partial charge in [-0.15, -0.1) is 0 Å². The quantitative estimate of drug-likeness (QED) is 0.360. The van der Waals surface area contributed by atoms with Crippen molar-refractivity contribution in [1.29, 1.82) is 0 Å². The van der Waals surface area contributed by atoms with Crippen LogP contribution in [0.4, 0.5) is 5.13 Å². The van der Waals surface area contributed by atoms with Gasteiger partial charge in [0, 0.05) is 5.52 Å². The number of aromatic nitrogens is 2. The van der Waals surface area contributed by atoms with Crippen LogP contribution in [-0.4, -0.2) is 28.1 Å². The van der Waals surface area contributed by atoms with E-state index in [1.165, 1.54) is 17.6 Å². The highest BCUT2D eigenvalue weighted by Crippen LogP contribution is 2.25. The van der Waals surface area contributed by atoms with Crippen molar-refractivity contribution in [2.24, 2.45) is 5.10 Å². The van der Waals surface area contributed by atoms with Gasteiger partial charge in [0.2, 0.25) is 0 Å². The van der Waals surface area contributed by atoms with Crippen LogP contribution in [0.2, 0.25) is 0 Å². The van der Waals surface area contributed by atoms with Crippen molar-refractivity contribution >= 4 is 49.7 Å². The summed E-state index contributed by atoms with van der Waals surface area (Å²) in [5, 5.41) is 8.54. The molecule has 0 saturated carbocycles. The SMILES string of the molecule is C[C@H](Nc1nc2ccccc2s1)C(=O)N/N=C/c1cc2ccccc2[nH]c1=O. The summed E-state index contributed by atoms with van der Waals surface area (Å²) in [7, 11) is 0. The molecule has 0 fully saturated rings. The van der Waals surface area contributed by atoms with Crippen LogP contribution in [0.3, 0.4) is 0 Å². The average molecular weight is 391 g/mol. The number of nitrogens with one attached hydrogen (secondary N) is 3. The minimum Gasteiger partial charge on any atom is -0.350 e. The maximum Gasteiger partial charge on any atom is 0.262 e. The zero-order valence-electron chi connectivity index (χ0n) is 15.0. The Morgan fingerprint density at radius 3 is 2.86 bits per heavy atom. The number of amides is 1. The monoisotopic (exact) mass is 391 g/mol. The molecule has 140 valence electrons. The summed E-state index contributed by atoms with van der Waals surface area (Å²) < 4.78 is 1.05. The van der Waals surface area contributed by atoms with Gasteiger partial charge in [-0.1, -0.05) is 41.7 Å². The van der Waals surface area contributed by atoms with Crippen LogP contribution >= 0.6 is 11.3 Å². The number of nitrogens with zero attached hydrogens (tertiary/aromatic N) is 2. The van der Waals surface area contributed by atoms with Crippen LogP contribution in [0.5, 0.6) is 0 Å². The first-order valence-corrected chi connectivity index (χ1v) is 9.49. The third-order valence-electron chi connectivity index (χ3n) is 4.19. The molecule has 28 heavy (non-hydrogen) atoms. The molecule has 2 aromatic heterocycles. The molecule has 0 radical (unpaired) electrons. The smallest absolute Gasteiger partial charge is 0.262 e. The van der Waals surface area contributed by atoms with E-state index < -0.39 is 6.04 Å². The first-order chi connectivity index (χ1) is 13.6. The van der Waals surface area contributed by atoms with Crippen LogP contribution < -0.4 is 16.3 Å². The maximum atomic E-state index is 12.3. The molecule has 0 aliphatic rings. The summed E-state index contributed by atoms with van der Waals surface area (Å²) in [5.74, 6) is -0.326. The summed E-state index contributed by atoms with van der Waals surface area (Å²) in [5.41, 5.74) is 4.19. The maximum absolute atomic E-state index is 12.3. The summed E-state index contributed by atoms with van der Waals surface area (Å²) in [4.78, 5) is 31.6. The molecule has 4 aromatic rings. The Bertz CT molecular complexity index is 1210. The first-order valence-electron chi connectivity index (χ1n) is 8.67. The van der Waals surface area contributed by atoms with Gasteiger partial charge in [0.15, 0.2) is 5.13 Å². The second-order valence-electron chi connectivity index (χ2n) is 6.23. The fraction of sp³-hybridized carbons (Fsp3) is 0.100. The Morgan fingerprint density at radius 1 is 1.21 bits per heavy atom. The molecule has 1 amide bonds. The third-order valence-corrected chi connectivity index (χ3v) is 5.16. The van der Waals surface area contributed by atoms with Gasteiger partial charge in [-0.2, -0.15) is 5.10 Å². The number of anilines is 1. The molecule has 8 heteroatoms. The molecule has 0 unspecified atom stereocenters. The standard InChI is InChI=1S/C20H17N5O2S/c1-12(22-20-24-16-8-4-5-9-17(16)28-20)18(26)25-21-11-14-10-13-6-2-3-7-15(13)23-19(14)27/h2-12H,1H3,(H,22,24)(H,23,27)(H,25,26)/b21-11+/t12-/m0/s1. The number of hydrogen-bond acceptors (Lipinski definition) is 6. The van der Waals surface area contributed by atoms with Crippen LogP contribution in [0, 0.1) is 0 Å². The minimum absolute atomic E-state index is 0.266. The van der Waals surface area contributed by atoms with E-state index in [4.69, 9.17) is 0 Å². The van der Waals surface area contributed by atoms with Crippen molar-refractivity contribution in [3.8, 4) is 0 Å². The lowest BCUT2D eigenvalue weighted by Crippen LogP contribution is -2.35. The highest BCUT2D eigenvalue weighted by Gasteiger charge is 2.14. The molecular weight excluding hydrogens is 374 g/mol. The Hall–Kier alpha value is -3.52. The van der Waals surface area contributed by atoms with Crippen molar-refractivity contribution in [2.45, 2.75) is 13.0 Å². The fourth-order valence-electron chi connectivity index (χ4n) is 2.71. The van der Waals surface area contributed by atoms with Crippen molar-refractivity contribution in [3.05, 3.63) is 70.5 Å². The number of para-hydroxylation sites is 2. The third kappa shape index (κ3) is 3.77. The fourth-order valence-corrected chi connectivity index (χ4v) is 3.66. The number of hydrogen-bond donors (Lipinski definition) is 3. The van der Waals surface area contributed by atoms with Crippen LogP contribution in [0.1, 0.15) is 12.5 Å². The van der Waals surface area contributed by atoms with Gasteiger partial charge in [0.25, 0.3) is 11.5 Å². The Morgan fingerprint density at radius 2 is 2.00 bits per heavy atom. The molecule has 3 N–H and O–H groups in total. The van der Waals surface area contributed by atoms with Crippen molar-refractivity contribution < 1.29 is 4.79 Å². The zero-order valence-corrected chi connectivity index (χ0v) is 15.8. The summed E-state index contributed by atoms with van der Waals surface area (Å²) in [6, 6.07) is 16.4. The Labute approximate surface area is 164 Å². The molecule has 0 saturated heterocycles. The molecule has 2 heterocycles. The van der Waals surface area contributed by atoms with E-state index >= 15 is 0 Å². The van der Waals surface area contributed by atoms with E-state index in [1.807, 2.05) is 48.5 Å². The molecule has 1 atom stereocenters. The first kappa shape index (κ1) is 17.9. The van der Waals surface area contributed by atoms with Gasteiger partial charge >= 0.3 is 0 Å². The van der Waals surface area contributed by atoms with E-state index in [9.17, 15) is 9.59 Å².